The van der Waals surface area contributed by atoms with Gasteiger partial charge in [-0.2, -0.15) is 0 Å². The molecule has 0 aliphatic heterocycles. The Labute approximate surface area is 138 Å². The molecule has 0 bridgehead atoms. The van der Waals surface area contributed by atoms with E-state index < -0.39 is 0 Å². The van der Waals surface area contributed by atoms with Crippen molar-refractivity contribution in [1.29, 1.82) is 0 Å². The Morgan fingerprint density at radius 3 is 1.95 bits per heavy atom. The zero-order valence-electron chi connectivity index (χ0n) is 15.2. The number of ether oxygens (including phenoxy) is 1. The minimum atomic E-state index is -0.0947. The standard InChI is InChI=1S/C19H38NO2/c1-5-7-8-9-10-11-12-13-14-15-17-22-19(21)18-20(3,4)16-6-2/h6H,2,5,7-18H2,1,3-4H3/q+1. The van der Waals surface area contributed by atoms with Crippen molar-refractivity contribution >= 4 is 5.97 Å². The van der Waals surface area contributed by atoms with Crippen LogP contribution in [0.4, 0.5) is 0 Å². The highest BCUT2D eigenvalue weighted by molar-refractivity contribution is 5.70. The first-order valence-electron chi connectivity index (χ1n) is 9.10. The van der Waals surface area contributed by atoms with E-state index in [0.717, 1.165) is 13.0 Å². The van der Waals surface area contributed by atoms with Crippen LogP contribution in [0.2, 0.25) is 0 Å². The van der Waals surface area contributed by atoms with Gasteiger partial charge in [-0.15, -0.1) is 0 Å². The average molecular weight is 313 g/mol. The van der Waals surface area contributed by atoms with E-state index in [1.54, 1.807) is 0 Å². The molecule has 3 nitrogen and oxygen atoms in total. The van der Waals surface area contributed by atoms with Crippen LogP contribution in [-0.2, 0) is 9.53 Å². The summed E-state index contributed by atoms with van der Waals surface area (Å²) in [5.41, 5.74) is 0. The van der Waals surface area contributed by atoms with Gasteiger partial charge < -0.3 is 9.22 Å². The first kappa shape index (κ1) is 21.2. The van der Waals surface area contributed by atoms with E-state index in [9.17, 15) is 4.79 Å². The molecule has 0 saturated carbocycles. The third-order valence-electron chi connectivity index (χ3n) is 3.94. The summed E-state index contributed by atoms with van der Waals surface area (Å²) in [6.45, 7) is 7.75. The lowest BCUT2D eigenvalue weighted by Gasteiger charge is -2.26. The van der Waals surface area contributed by atoms with E-state index in [1.807, 2.05) is 20.2 Å². The molecule has 0 radical (unpaired) electrons. The minimum absolute atomic E-state index is 0.0947. The van der Waals surface area contributed by atoms with E-state index in [1.165, 1.54) is 57.8 Å². The predicted octanol–water partition coefficient (Wildman–Crippen LogP) is 4.71. The summed E-state index contributed by atoms with van der Waals surface area (Å²) in [7, 11) is 4.03. The number of unbranched alkanes of at least 4 members (excludes halogenated alkanes) is 9. The second kappa shape index (κ2) is 13.8. The Morgan fingerprint density at radius 2 is 1.45 bits per heavy atom. The summed E-state index contributed by atoms with van der Waals surface area (Å²) in [5.74, 6) is -0.0947. The van der Waals surface area contributed by atoms with Crippen molar-refractivity contribution in [3.63, 3.8) is 0 Å². The Bertz CT molecular complexity index is 287. The number of hydrogen-bond acceptors (Lipinski definition) is 2. The van der Waals surface area contributed by atoms with E-state index in [0.29, 0.717) is 17.6 Å². The molecule has 0 N–H and O–H groups in total. The molecule has 0 aliphatic rings. The van der Waals surface area contributed by atoms with Gasteiger partial charge in [0.15, 0.2) is 6.54 Å². The molecule has 0 saturated heterocycles. The van der Waals surface area contributed by atoms with Crippen LogP contribution >= 0.6 is 0 Å². The number of nitrogens with zero attached hydrogens (tertiary/aromatic N) is 1. The lowest BCUT2D eigenvalue weighted by Crippen LogP contribution is -2.44. The van der Waals surface area contributed by atoms with Crippen molar-refractivity contribution in [2.45, 2.75) is 71.1 Å². The highest BCUT2D eigenvalue weighted by atomic mass is 16.5. The van der Waals surface area contributed by atoms with Crippen LogP contribution < -0.4 is 0 Å². The Hall–Kier alpha value is -0.830. The average Bonchev–Trinajstić information content (AvgIpc) is 2.44. The molecule has 0 heterocycles. The summed E-state index contributed by atoms with van der Waals surface area (Å²) < 4.78 is 5.92. The molecule has 0 amide bonds. The molecule has 0 unspecified atom stereocenters. The summed E-state index contributed by atoms with van der Waals surface area (Å²) in [6.07, 6.45) is 14.8. The largest absolute Gasteiger partial charge is 0.462 e. The molecule has 22 heavy (non-hydrogen) atoms. The molecule has 0 atom stereocenters. The molecule has 0 aliphatic carbocycles. The fraction of sp³-hybridized carbons (Fsp3) is 0.842. The number of hydrogen-bond donors (Lipinski definition) is 0. The van der Waals surface area contributed by atoms with Gasteiger partial charge >= 0.3 is 5.97 Å². The zero-order chi connectivity index (χ0) is 16.7. The van der Waals surface area contributed by atoms with Crippen molar-refractivity contribution in [2.24, 2.45) is 0 Å². The van der Waals surface area contributed by atoms with Crippen LogP contribution in [0.1, 0.15) is 71.1 Å². The van der Waals surface area contributed by atoms with Crippen LogP contribution in [0.3, 0.4) is 0 Å². The first-order valence-corrected chi connectivity index (χ1v) is 9.10. The third-order valence-corrected chi connectivity index (χ3v) is 3.94. The fourth-order valence-electron chi connectivity index (χ4n) is 2.58. The second-order valence-corrected chi connectivity index (χ2v) is 6.97. The normalized spacial score (nSPS) is 11.4. The first-order chi connectivity index (χ1) is 10.5. The Balaban J connectivity index is 3.35. The summed E-state index contributed by atoms with van der Waals surface area (Å²) >= 11 is 0. The molecule has 0 spiro atoms. The smallest absolute Gasteiger partial charge is 0.361 e. The van der Waals surface area contributed by atoms with Gasteiger partial charge in [0.1, 0.15) is 0 Å². The van der Waals surface area contributed by atoms with Crippen LogP contribution in [0.5, 0.6) is 0 Å². The third kappa shape index (κ3) is 14.1. The number of likely N-dealkylation sites (N-methyl/N-ethyl adjacent to an activating group) is 1. The summed E-state index contributed by atoms with van der Waals surface area (Å²) in [6, 6.07) is 0. The maximum absolute atomic E-state index is 11.7. The van der Waals surface area contributed by atoms with Crippen molar-refractivity contribution < 1.29 is 14.0 Å². The van der Waals surface area contributed by atoms with Gasteiger partial charge in [0.05, 0.1) is 27.2 Å². The summed E-state index contributed by atoms with van der Waals surface area (Å²) in [5, 5.41) is 0. The quantitative estimate of drug-likeness (QED) is 0.189. The number of quaternary nitrogens is 1. The van der Waals surface area contributed by atoms with Crippen molar-refractivity contribution in [1.82, 2.24) is 0 Å². The zero-order valence-corrected chi connectivity index (χ0v) is 15.2. The summed E-state index contributed by atoms with van der Waals surface area (Å²) in [4.78, 5) is 11.7. The van der Waals surface area contributed by atoms with Crippen LogP contribution in [0.25, 0.3) is 0 Å². The Kier molecular flexibility index (Phi) is 13.3. The van der Waals surface area contributed by atoms with Crippen molar-refractivity contribution in [3.05, 3.63) is 12.7 Å². The highest BCUT2D eigenvalue weighted by Gasteiger charge is 2.19. The van der Waals surface area contributed by atoms with Gasteiger partial charge in [-0.3, -0.25) is 0 Å². The molecular weight excluding hydrogens is 274 g/mol. The van der Waals surface area contributed by atoms with Gasteiger partial charge in [-0.05, 0) is 12.5 Å². The second-order valence-electron chi connectivity index (χ2n) is 6.97. The van der Waals surface area contributed by atoms with Crippen LogP contribution in [0.15, 0.2) is 12.7 Å². The SMILES string of the molecule is C=CC[N+](C)(C)CC(=O)OCCCCCCCCCCCC. The molecular formula is C19H38NO2+. The number of carbonyl (C=O) groups excluding carboxylic acids is 1. The van der Waals surface area contributed by atoms with E-state index in [-0.39, 0.29) is 5.97 Å². The van der Waals surface area contributed by atoms with Gasteiger partial charge in [-0.1, -0.05) is 71.3 Å². The molecule has 0 rings (SSSR count). The van der Waals surface area contributed by atoms with E-state index >= 15 is 0 Å². The maximum atomic E-state index is 11.7. The van der Waals surface area contributed by atoms with Crippen LogP contribution in [0, 0.1) is 0 Å². The number of carbonyl (C=O) groups is 1. The van der Waals surface area contributed by atoms with Crippen LogP contribution in [-0.4, -0.2) is 44.2 Å². The molecule has 3 heteroatoms. The maximum Gasteiger partial charge on any atom is 0.361 e. The lowest BCUT2D eigenvalue weighted by molar-refractivity contribution is -0.877. The van der Waals surface area contributed by atoms with Gasteiger partial charge in [0, 0.05) is 0 Å². The molecule has 0 aromatic carbocycles. The molecule has 130 valence electrons. The Morgan fingerprint density at radius 1 is 0.955 bits per heavy atom. The van der Waals surface area contributed by atoms with E-state index in [4.69, 9.17) is 4.74 Å². The van der Waals surface area contributed by atoms with Gasteiger partial charge in [0.2, 0.25) is 0 Å². The molecule has 0 fully saturated rings. The van der Waals surface area contributed by atoms with Gasteiger partial charge in [-0.25, -0.2) is 4.79 Å². The molecule has 0 aromatic heterocycles. The molecule has 0 aromatic rings. The fourth-order valence-corrected chi connectivity index (χ4v) is 2.58. The number of rotatable bonds is 15. The lowest BCUT2D eigenvalue weighted by atomic mass is 10.1. The minimum Gasteiger partial charge on any atom is -0.462 e. The van der Waals surface area contributed by atoms with Crippen molar-refractivity contribution in [2.75, 3.05) is 33.8 Å². The number of esters is 1. The van der Waals surface area contributed by atoms with E-state index in [2.05, 4.69) is 13.5 Å². The highest BCUT2D eigenvalue weighted by Crippen LogP contribution is 2.10. The van der Waals surface area contributed by atoms with Gasteiger partial charge in [0.25, 0.3) is 0 Å². The topological polar surface area (TPSA) is 26.3 Å². The monoisotopic (exact) mass is 312 g/mol. The predicted molar refractivity (Wildman–Crippen MR) is 94.8 cm³/mol. The van der Waals surface area contributed by atoms with Crippen molar-refractivity contribution in [3.8, 4) is 0 Å².